The van der Waals surface area contributed by atoms with Gasteiger partial charge in [0.2, 0.25) is 5.91 Å². The van der Waals surface area contributed by atoms with Crippen LogP contribution >= 0.6 is 11.8 Å². The van der Waals surface area contributed by atoms with Crippen molar-refractivity contribution in [3.05, 3.63) is 95.3 Å². The molecule has 0 aliphatic heterocycles. The molecule has 172 valence electrons. The van der Waals surface area contributed by atoms with Gasteiger partial charge < -0.3 is 0 Å². The smallest absolute Gasteiger partial charge is 0.272 e. The van der Waals surface area contributed by atoms with Crippen LogP contribution in [0.5, 0.6) is 0 Å². The molecule has 0 radical (unpaired) electrons. The molecule has 0 bridgehead atoms. The number of hydrogen-bond donors (Lipinski definition) is 2. The van der Waals surface area contributed by atoms with E-state index < -0.39 is 17.6 Å². The first-order valence-electron chi connectivity index (χ1n) is 10.5. The van der Waals surface area contributed by atoms with Crippen LogP contribution < -0.4 is 10.9 Å². The minimum Gasteiger partial charge on any atom is -0.272 e. The van der Waals surface area contributed by atoms with Crippen molar-refractivity contribution in [3.8, 4) is 17.1 Å². The number of amides is 2. The predicted molar refractivity (Wildman–Crippen MR) is 129 cm³/mol. The van der Waals surface area contributed by atoms with Crippen LogP contribution in [0.3, 0.4) is 0 Å². The lowest BCUT2D eigenvalue weighted by Gasteiger charge is -2.12. The Balaban J connectivity index is 1.51. The zero-order valence-corrected chi connectivity index (χ0v) is 19.4. The van der Waals surface area contributed by atoms with E-state index in [0.717, 1.165) is 22.4 Å². The molecule has 0 saturated heterocycles. The summed E-state index contributed by atoms with van der Waals surface area (Å²) >= 11 is 1.18. The zero-order valence-electron chi connectivity index (χ0n) is 18.6. The highest BCUT2D eigenvalue weighted by molar-refractivity contribution is 7.99. The number of hydrogen-bond acceptors (Lipinski definition) is 5. The summed E-state index contributed by atoms with van der Waals surface area (Å²) in [7, 11) is 0. The molecule has 4 aromatic rings. The van der Waals surface area contributed by atoms with Gasteiger partial charge in [-0.05, 0) is 49.2 Å². The van der Waals surface area contributed by atoms with E-state index >= 15 is 0 Å². The van der Waals surface area contributed by atoms with Crippen molar-refractivity contribution in [1.29, 1.82) is 0 Å². The molecule has 0 saturated carbocycles. The number of carbonyl (C=O) groups is 2. The van der Waals surface area contributed by atoms with Crippen molar-refractivity contribution in [1.82, 2.24) is 25.6 Å². The van der Waals surface area contributed by atoms with Gasteiger partial charge in [0.25, 0.3) is 5.91 Å². The van der Waals surface area contributed by atoms with Gasteiger partial charge in [0.15, 0.2) is 11.0 Å². The van der Waals surface area contributed by atoms with Crippen molar-refractivity contribution in [2.75, 3.05) is 5.75 Å². The SMILES string of the molecule is Cc1ccc(-n2c(SCC(=O)NNC(=O)c3ccccc3F)nnc2-c2ccccc2)cc1C. The minimum absolute atomic E-state index is 0.0324. The number of thioether (sulfide) groups is 1. The van der Waals surface area contributed by atoms with Gasteiger partial charge in [0, 0.05) is 5.56 Å². The number of nitrogens with one attached hydrogen (secondary N) is 2. The average molecular weight is 476 g/mol. The van der Waals surface area contributed by atoms with Crippen LogP contribution in [0.15, 0.2) is 78.0 Å². The summed E-state index contributed by atoms with van der Waals surface area (Å²) in [5.74, 6) is -1.25. The summed E-state index contributed by atoms with van der Waals surface area (Å²) in [4.78, 5) is 24.5. The summed E-state index contributed by atoms with van der Waals surface area (Å²) in [6.07, 6.45) is 0. The molecule has 0 aliphatic rings. The lowest BCUT2D eigenvalue weighted by Crippen LogP contribution is -2.42. The predicted octanol–water partition coefficient (Wildman–Crippen LogP) is 4.24. The Labute approximate surface area is 200 Å². The minimum atomic E-state index is -0.735. The maximum Gasteiger partial charge on any atom is 0.272 e. The molecule has 3 aromatic carbocycles. The number of aryl methyl sites for hydroxylation is 2. The average Bonchev–Trinajstić information content (AvgIpc) is 3.28. The Hall–Kier alpha value is -3.98. The van der Waals surface area contributed by atoms with Crippen molar-refractivity contribution in [3.63, 3.8) is 0 Å². The van der Waals surface area contributed by atoms with Gasteiger partial charge in [-0.2, -0.15) is 0 Å². The maximum absolute atomic E-state index is 13.7. The Bertz CT molecular complexity index is 1340. The fourth-order valence-electron chi connectivity index (χ4n) is 3.24. The highest BCUT2D eigenvalue weighted by Crippen LogP contribution is 2.28. The van der Waals surface area contributed by atoms with Gasteiger partial charge in [-0.3, -0.25) is 25.0 Å². The summed E-state index contributed by atoms with van der Waals surface area (Å²) in [6, 6.07) is 21.3. The summed E-state index contributed by atoms with van der Waals surface area (Å²) in [6.45, 7) is 4.07. The first-order chi connectivity index (χ1) is 16.4. The van der Waals surface area contributed by atoms with E-state index in [-0.39, 0.29) is 11.3 Å². The van der Waals surface area contributed by atoms with Crippen molar-refractivity contribution in [2.24, 2.45) is 0 Å². The molecule has 0 fully saturated rings. The molecule has 1 aromatic heterocycles. The molecule has 0 aliphatic carbocycles. The highest BCUT2D eigenvalue weighted by Gasteiger charge is 2.18. The molecular weight excluding hydrogens is 453 g/mol. The standard InChI is InChI=1S/C25H22FN5O2S/c1-16-12-13-19(14-17(16)2)31-23(18-8-4-3-5-9-18)28-30-25(31)34-15-22(32)27-29-24(33)20-10-6-7-11-21(20)26/h3-14H,15H2,1-2H3,(H,27,32)(H,29,33). The van der Waals surface area contributed by atoms with Gasteiger partial charge in [0.05, 0.1) is 17.0 Å². The normalized spacial score (nSPS) is 10.7. The number of nitrogens with zero attached hydrogens (tertiary/aromatic N) is 3. The fourth-order valence-corrected chi connectivity index (χ4v) is 3.99. The van der Waals surface area contributed by atoms with Crippen LogP contribution in [0, 0.1) is 19.7 Å². The van der Waals surface area contributed by atoms with Crippen LogP contribution in [0.25, 0.3) is 17.1 Å². The summed E-state index contributed by atoms with van der Waals surface area (Å²) in [5.41, 5.74) is 8.44. The number of rotatable bonds is 6. The molecule has 1 heterocycles. The maximum atomic E-state index is 13.7. The van der Waals surface area contributed by atoms with E-state index in [1.165, 1.54) is 30.0 Å². The molecular formula is C25H22FN5O2S. The second kappa shape index (κ2) is 10.3. The fraction of sp³-hybridized carbons (Fsp3) is 0.120. The molecule has 34 heavy (non-hydrogen) atoms. The first kappa shape index (κ1) is 23.2. The van der Waals surface area contributed by atoms with E-state index in [0.29, 0.717) is 11.0 Å². The molecule has 2 amide bonds. The van der Waals surface area contributed by atoms with Crippen LogP contribution in [0.1, 0.15) is 21.5 Å². The molecule has 0 atom stereocenters. The van der Waals surface area contributed by atoms with Crippen LogP contribution in [0.4, 0.5) is 4.39 Å². The first-order valence-corrected chi connectivity index (χ1v) is 11.5. The van der Waals surface area contributed by atoms with Crippen LogP contribution in [-0.4, -0.2) is 32.3 Å². The molecule has 4 rings (SSSR count). The summed E-state index contributed by atoms with van der Waals surface area (Å²) in [5, 5.41) is 9.20. The quantitative estimate of drug-likeness (QED) is 0.322. The van der Waals surface area contributed by atoms with E-state index in [2.05, 4.69) is 21.0 Å². The molecule has 9 heteroatoms. The van der Waals surface area contributed by atoms with Crippen molar-refractivity contribution in [2.45, 2.75) is 19.0 Å². The van der Waals surface area contributed by atoms with Crippen molar-refractivity contribution >= 4 is 23.6 Å². The number of carbonyl (C=O) groups excluding carboxylic acids is 2. The highest BCUT2D eigenvalue weighted by atomic mass is 32.2. The summed E-state index contributed by atoms with van der Waals surface area (Å²) < 4.78 is 15.6. The van der Waals surface area contributed by atoms with Gasteiger partial charge in [-0.1, -0.05) is 60.3 Å². The van der Waals surface area contributed by atoms with E-state index in [1.807, 2.05) is 66.9 Å². The Morgan fingerprint density at radius 1 is 0.912 bits per heavy atom. The molecule has 0 unspecified atom stereocenters. The van der Waals surface area contributed by atoms with E-state index in [1.54, 1.807) is 6.07 Å². The van der Waals surface area contributed by atoms with E-state index in [9.17, 15) is 14.0 Å². The number of benzene rings is 3. The molecule has 2 N–H and O–H groups in total. The third-order valence-electron chi connectivity index (χ3n) is 5.18. The molecule has 7 nitrogen and oxygen atoms in total. The van der Waals surface area contributed by atoms with Crippen LogP contribution in [0.2, 0.25) is 0 Å². The third kappa shape index (κ3) is 5.15. The Morgan fingerprint density at radius 2 is 1.65 bits per heavy atom. The number of hydrazine groups is 1. The number of aromatic nitrogens is 3. The Morgan fingerprint density at radius 3 is 2.38 bits per heavy atom. The zero-order chi connectivity index (χ0) is 24.1. The van der Waals surface area contributed by atoms with Gasteiger partial charge in [-0.15, -0.1) is 10.2 Å². The third-order valence-corrected chi connectivity index (χ3v) is 6.11. The number of halogens is 1. The topological polar surface area (TPSA) is 88.9 Å². The molecule has 0 spiro atoms. The van der Waals surface area contributed by atoms with Crippen molar-refractivity contribution < 1.29 is 14.0 Å². The van der Waals surface area contributed by atoms with Gasteiger partial charge in [-0.25, -0.2) is 4.39 Å². The second-order valence-corrected chi connectivity index (χ2v) is 8.49. The monoisotopic (exact) mass is 475 g/mol. The largest absolute Gasteiger partial charge is 0.272 e. The van der Waals surface area contributed by atoms with Gasteiger partial charge in [0.1, 0.15) is 5.82 Å². The lowest BCUT2D eigenvalue weighted by atomic mass is 10.1. The van der Waals surface area contributed by atoms with Crippen LogP contribution in [-0.2, 0) is 4.79 Å². The Kier molecular flexibility index (Phi) is 7.03. The van der Waals surface area contributed by atoms with Gasteiger partial charge >= 0.3 is 0 Å². The second-order valence-electron chi connectivity index (χ2n) is 7.55. The van der Waals surface area contributed by atoms with E-state index in [4.69, 9.17) is 0 Å². The lowest BCUT2D eigenvalue weighted by molar-refractivity contribution is -0.119.